The molecule has 0 N–H and O–H groups in total. The van der Waals surface area contributed by atoms with Gasteiger partial charge in [0.2, 0.25) is 11.8 Å². The number of imide groups is 1. The van der Waals surface area contributed by atoms with Gasteiger partial charge in [-0.15, -0.1) is 0 Å². The summed E-state index contributed by atoms with van der Waals surface area (Å²) in [6, 6.07) is 21.8. The summed E-state index contributed by atoms with van der Waals surface area (Å²) in [6.45, 7) is 0.732. The second-order valence-corrected chi connectivity index (χ2v) is 10.7. The molecule has 3 fully saturated rings. The Kier molecular flexibility index (Phi) is 4.11. The molecule has 8 heteroatoms. The van der Waals surface area contributed by atoms with Crippen LogP contribution >= 0.6 is 11.6 Å². The van der Waals surface area contributed by atoms with Gasteiger partial charge in [-0.3, -0.25) is 23.9 Å². The number of hydrogen-bond acceptors (Lipinski definition) is 5. The van der Waals surface area contributed by atoms with Crippen molar-refractivity contribution >= 4 is 40.0 Å². The molecule has 0 radical (unpaired) electrons. The molecule has 4 atom stereocenters. The third-order valence-corrected chi connectivity index (χ3v) is 8.98. The Morgan fingerprint density at radius 3 is 2.49 bits per heavy atom. The fourth-order valence-electron chi connectivity index (χ4n) is 7.46. The predicted molar refractivity (Wildman–Crippen MR) is 139 cm³/mol. The minimum Gasteiger partial charge on any atom is -0.283 e. The lowest BCUT2D eigenvalue weighted by atomic mass is 9.75. The molecule has 3 aromatic carbocycles. The van der Waals surface area contributed by atoms with E-state index >= 15 is 0 Å². The van der Waals surface area contributed by atoms with Crippen LogP contribution in [0, 0.1) is 11.8 Å². The van der Waals surface area contributed by atoms with E-state index in [1.165, 1.54) is 4.90 Å². The van der Waals surface area contributed by atoms with Gasteiger partial charge in [-0.1, -0.05) is 41.9 Å². The molecule has 8 rings (SSSR count). The van der Waals surface area contributed by atoms with Crippen LogP contribution in [0.25, 0.3) is 16.6 Å². The third kappa shape index (κ3) is 2.42. The Morgan fingerprint density at radius 2 is 1.65 bits per heavy atom. The first-order chi connectivity index (χ1) is 18.0. The summed E-state index contributed by atoms with van der Waals surface area (Å²) in [7, 11) is 0. The Balaban J connectivity index is 1.45. The smallest absolute Gasteiger partial charge is 0.266 e. The molecular weight excluding hydrogens is 488 g/mol. The summed E-state index contributed by atoms with van der Waals surface area (Å²) in [5, 5.41) is 1.07. The van der Waals surface area contributed by atoms with Crippen molar-refractivity contribution in [2.75, 3.05) is 11.4 Å². The number of fused-ring (bicyclic) bond motifs is 11. The van der Waals surface area contributed by atoms with E-state index in [1.54, 1.807) is 34.9 Å². The summed E-state index contributed by atoms with van der Waals surface area (Å²) in [5.41, 5.74) is 1.56. The molecule has 3 saturated heterocycles. The van der Waals surface area contributed by atoms with E-state index in [4.69, 9.17) is 16.6 Å². The third-order valence-electron chi connectivity index (χ3n) is 8.73. The first-order valence-corrected chi connectivity index (χ1v) is 12.9. The summed E-state index contributed by atoms with van der Waals surface area (Å²) < 4.78 is 1.68. The Hall–Kier alpha value is -3.81. The zero-order valence-corrected chi connectivity index (χ0v) is 20.4. The van der Waals surface area contributed by atoms with Gasteiger partial charge in [0.15, 0.2) is 0 Å². The van der Waals surface area contributed by atoms with Gasteiger partial charge in [-0.05, 0) is 61.9 Å². The number of hydrogen-bond donors (Lipinski definition) is 0. The number of para-hydroxylation sites is 2. The summed E-state index contributed by atoms with van der Waals surface area (Å²) in [5.74, 6) is -1.11. The Labute approximate surface area is 216 Å². The maximum Gasteiger partial charge on any atom is 0.266 e. The summed E-state index contributed by atoms with van der Waals surface area (Å²) in [4.78, 5) is 51.0. The number of anilines is 1. The van der Waals surface area contributed by atoms with Crippen LogP contribution in [-0.4, -0.2) is 38.9 Å². The average Bonchev–Trinajstić information content (AvgIpc) is 3.62. The van der Waals surface area contributed by atoms with Crippen molar-refractivity contribution in [2.24, 2.45) is 11.8 Å². The molecule has 7 nitrogen and oxygen atoms in total. The fraction of sp³-hybridized carbons (Fsp3) is 0.241. The van der Waals surface area contributed by atoms with Crippen molar-refractivity contribution in [3.05, 3.63) is 99.6 Å². The molecule has 2 amide bonds. The van der Waals surface area contributed by atoms with Crippen molar-refractivity contribution in [2.45, 2.75) is 24.4 Å². The minimum absolute atomic E-state index is 0.110. The Bertz CT molecular complexity index is 1730. The van der Waals surface area contributed by atoms with Gasteiger partial charge in [0.05, 0.1) is 34.1 Å². The van der Waals surface area contributed by atoms with E-state index in [2.05, 4.69) is 4.90 Å². The monoisotopic (exact) mass is 508 g/mol. The van der Waals surface area contributed by atoms with Crippen LogP contribution < -0.4 is 10.5 Å². The van der Waals surface area contributed by atoms with Crippen LogP contribution in [0.1, 0.15) is 24.2 Å². The van der Waals surface area contributed by atoms with Gasteiger partial charge in [-0.25, -0.2) is 9.88 Å². The molecule has 1 spiro atoms. The average molecular weight is 509 g/mol. The van der Waals surface area contributed by atoms with E-state index < -0.39 is 17.4 Å². The number of carbonyl (C=O) groups is 2. The highest BCUT2D eigenvalue weighted by Gasteiger charge is 2.73. The van der Waals surface area contributed by atoms with Crippen LogP contribution in [0.5, 0.6) is 0 Å². The van der Waals surface area contributed by atoms with Crippen LogP contribution in [0.3, 0.4) is 0 Å². The quantitative estimate of drug-likeness (QED) is 0.365. The number of rotatable bonds is 1. The Morgan fingerprint density at radius 1 is 0.892 bits per heavy atom. The normalized spacial score (nSPS) is 27.7. The van der Waals surface area contributed by atoms with Crippen LogP contribution in [0.4, 0.5) is 5.69 Å². The van der Waals surface area contributed by atoms with Gasteiger partial charge in [0, 0.05) is 16.6 Å². The fourth-order valence-corrected chi connectivity index (χ4v) is 7.58. The van der Waals surface area contributed by atoms with Crippen molar-refractivity contribution in [1.29, 1.82) is 0 Å². The van der Waals surface area contributed by atoms with E-state index in [0.29, 0.717) is 27.4 Å². The topological polar surface area (TPSA) is 75.5 Å². The molecule has 37 heavy (non-hydrogen) atoms. The maximum atomic E-state index is 14.4. The standard InChI is InChI=1S/C29H21ClN4O3/c30-16-11-13-17(14-12-16)33-26(36)23-22-10-5-15-32(22)29(24(23)27(33)37)19-7-2-4-9-21(19)34-25(35)18-6-1-3-8-20(18)31-28(29)34/h1-4,6-9,11-14,22-24H,5,10,15H2/t22-,23-,24+,29-/m0/s1. The lowest BCUT2D eigenvalue weighted by Gasteiger charge is -2.38. The van der Waals surface area contributed by atoms with Crippen molar-refractivity contribution in [3.63, 3.8) is 0 Å². The molecule has 0 unspecified atom stereocenters. The lowest BCUT2D eigenvalue weighted by Crippen LogP contribution is -2.51. The van der Waals surface area contributed by atoms with Gasteiger partial charge in [0.25, 0.3) is 5.56 Å². The molecule has 5 heterocycles. The van der Waals surface area contributed by atoms with Crippen molar-refractivity contribution in [3.8, 4) is 5.69 Å². The number of nitrogens with zero attached hydrogens (tertiary/aromatic N) is 4. The number of carbonyl (C=O) groups excluding carboxylic acids is 2. The number of aromatic nitrogens is 2. The molecule has 4 aromatic rings. The highest BCUT2D eigenvalue weighted by molar-refractivity contribution is 6.31. The largest absolute Gasteiger partial charge is 0.283 e. The molecule has 4 aliphatic rings. The van der Waals surface area contributed by atoms with Gasteiger partial charge in [0.1, 0.15) is 11.4 Å². The lowest BCUT2D eigenvalue weighted by molar-refractivity contribution is -0.124. The van der Waals surface area contributed by atoms with E-state index in [1.807, 2.05) is 42.5 Å². The highest BCUT2D eigenvalue weighted by atomic mass is 35.5. The van der Waals surface area contributed by atoms with Crippen LogP contribution in [0.15, 0.2) is 77.6 Å². The zero-order chi connectivity index (χ0) is 25.1. The van der Waals surface area contributed by atoms with E-state index in [9.17, 15) is 14.4 Å². The second kappa shape index (κ2) is 7.15. The van der Waals surface area contributed by atoms with Gasteiger partial charge >= 0.3 is 0 Å². The predicted octanol–water partition coefficient (Wildman–Crippen LogP) is 3.88. The molecule has 0 aliphatic carbocycles. The number of halogens is 1. The van der Waals surface area contributed by atoms with E-state index in [-0.39, 0.29) is 23.4 Å². The summed E-state index contributed by atoms with van der Waals surface area (Å²) >= 11 is 6.10. The second-order valence-electron chi connectivity index (χ2n) is 10.3. The SMILES string of the molecule is O=C1[C@H]2[C@@H]3CCCN3[C@@]3(c4ccccc4-n4c3nc3ccccc3c4=O)[C@H]2C(=O)N1c1ccc(Cl)cc1. The molecule has 0 bridgehead atoms. The minimum atomic E-state index is -1.00. The molecule has 182 valence electrons. The van der Waals surface area contributed by atoms with Gasteiger partial charge in [-0.2, -0.15) is 0 Å². The maximum absolute atomic E-state index is 14.4. The highest BCUT2D eigenvalue weighted by Crippen LogP contribution is 2.62. The number of amides is 2. The molecule has 1 aromatic heterocycles. The van der Waals surface area contributed by atoms with Crippen molar-refractivity contribution < 1.29 is 9.59 Å². The number of benzene rings is 3. The van der Waals surface area contributed by atoms with Gasteiger partial charge < -0.3 is 0 Å². The molecule has 4 aliphatic heterocycles. The first-order valence-electron chi connectivity index (χ1n) is 12.6. The molecular formula is C29H21ClN4O3. The van der Waals surface area contributed by atoms with E-state index in [0.717, 1.165) is 30.6 Å². The summed E-state index contributed by atoms with van der Waals surface area (Å²) in [6.07, 6.45) is 1.73. The van der Waals surface area contributed by atoms with Crippen LogP contribution in [-0.2, 0) is 15.1 Å². The van der Waals surface area contributed by atoms with Crippen LogP contribution in [0.2, 0.25) is 5.02 Å². The first kappa shape index (κ1) is 21.3. The molecule has 0 saturated carbocycles. The zero-order valence-electron chi connectivity index (χ0n) is 19.7. The van der Waals surface area contributed by atoms with Crippen molar-refractivity contribution in [1.82, 2.24) is 14.5 Å².